The van der Waals surface area contributed by atoms with Crippen LogP contribution in [0.1, 0.15) is 29.2 Å². The van der Waals surface area contributed by atoms with Crippen molar-refractivity contribution in [3.63, 3.8) is 0 Å². The summed E-state index contributed by atoms with van der Waals surface area (Å²) in [6, 6.07) is 9.59. The number of para-hydroxylation sites is 1. The SMILES string of the molecule is COc1cc(N(C)CCN(C)C)c([N+](=O)[O-])cc1Nc1ncc(-c2nnco2)c(C2CN3CCCc4cccc2c43)n1. The monoisotopic (exact) mass is 571 g/mol. The van der Waals surface area contributed by atoms with Crippen LogP contribution in [0.5, 0.6) is 5.75 Å². The molecule has 13 nitrogen and oxygen atoms in total. The third-order valence-electron chi connectivity index (χ3n) is 7.89. The molecule has 13 heteroatoms. The van der Waals surface area contributed by atoms with Gasteiger partial charge in [-0.1, -0.05) is 18.2 Å². The van der Waals surface area contributed by atoms with E-state index in [4.69, 9.17) is 14.1 Å². The molecule has 1 atom stereocenters. The van der Waals surface area contributed by atoms with Crippen molar-refractivity contribution in [3.05, 3.63) is 69.9 Å². The third-order valence-corrected chi connectivity index (χ3v) is 7.89. The molecule has 0 saturated heterocycles. The van der Waals surface area contributed by atoms with Crippen molar-refractivity contribution in [1.82, 2.24) is 25.1 Å². The van der Waals surface area contributed by atoms with Gasteiger partial charge in [0.25, 0.3) is 11.6 Å². The maximum Gasteiger partial charge on any atom is 0.294 e. The van der Waals surface area contributed by atoms with Crippen LogP contribution >= 0.6 is 0 Å². The molecule has 4 aromatic rings. The van der Waals surface area contributed by atoms with Crippen LogP contribution in [0.3, 0.4) is 0 Å². The average Bonchev–Trinajstić information content (AvgIpc) is 3.66. The number of benzene rings is 2. The number of nitro groups is 1. The van der Waals surface area contributed by atoms with Crippen molar-refractivity contribution in [3.8, 4) is 17.2 Å². The van der Waals surface area contributed by atoms with E-state index in [2.05, 4.69) is 43.6 Å². The lowest BCUT2D eigenvalue weighted by Gasteiger charge is -2.26. The smallest absolute Gasteiger partial charge is 0.294 e. The molecule has 0 amide bonds. The van der Waals surface area contributed by atoms with Crippen LogP contribution in [0.4, 0.5) is 28.7 Å². The summed E-state index contributed by atoms with van der Waals surface area (Å²) in [4.78, 5) is 27.5. The molecule has 0 spiro atoms. The summed E-state index contributed by atoms with van der Waals surface area (Å²) >= 11 is 0. The van der Waals surface area contributed by atoms with E-state index < -0.39 is 0 Å². The minimum Gasteiger partial charge on any atom is -0.494 e. The quantitative estimate of drug-likeness (QED) is 0.217. The van der Waals surface area contributed by atoms with Gasteiger partial charge in [0, 0.05) is 63.2 Å². The number of aryl methyl sites for hydroxylation is 1. The summed E-state index contributed by atoms with van der Waals surface area (Å²) < 4.78 is 11.2. The van der Waals surface area contributed by atoms with E-state index in [1.807, 2.05) is 30.9 Å². The van der Waals surface area contributed by atoms with Gasteiger partial charge in [0.05, 0.1) is 29.0 Å². The first-order valence-electron chi connectivity index (χ1n) is 13.8. The molecule has 0 bridgehead atoms. The van der Waals surface area contributed by atoms with E-state index in [1.165, 1.54) is 36.4 Å². The van der Waals surface area contributed by atoms with Gasteiger partial charge < -0.3 is 29.2 Å². The Morgan fingerprint density at radius 2 is 2.10 bits per heavy atom. The number of hydrogen-bond acceptors (Lipinski definition) is 12. The Kier molecular flexibility index (Phi) is 7.33. The first kappa shape index (κ1) is 27.4. The molecule has 218 valence electrons. The number of likely N-dealkylation sites (N-methyl/N-ethyl adjacent to an activating group) is 2. The number of hydrogen-bond donors (Lipinski definition) is 1. The largest absolute Gasteiger partial charge is 0.494 e. The Hall–Kier alpha value is -4.78. The highest BCUT2D eigenvalue weighted by Gasteiger charge is 2.36. The summed E-state index contributed by atoms with van der Waals surface area (Å²) in [5.41, 5.74) is 6.03. The molecule has 6 rings (SSSR count). The van der Waals surface area contributed by atoms with Gasteiger partial charge in [-0.25, -0.2) is 9.97 Å². The highest BCUT2D eigenvalue weighted by atomic mass is 16.6. The highest BCUT2D eigenvalue weighted by molar-refractivity contribution is 5.77. The fourth-order valence-electron chi connectivity index (χ4n) is 5.83. The zero-order chi connectivity index (χ0) is 29.4. The number of methoxy groups -OCH3 is 1. The Balaban J connectivity index is 1.40. The molecule has 2 aromatic heterocycles. The lowest BCUT2D eigenvalue weighted by Crippen LogP contribution is -2.29. The van der Waals surface area contributed by atoms with Crippen LogP contribution in [0.2, 0.25) is 0 Å². The normalized spacial score (nSPS) is 15.5. The van der Waals surface area contributed by atoms with E-state index in [0.717, 1.165) is 38.2 Å². The van der Waals surface area contributed by atoms with E-state index in [9.17, 15) is 10.1 Å². The van der Waals surface area contributed by atoms with Crippen LogP contribution in [-0.2, 0) is 6.42 Å². The molecule has 2 aromatic carbocycles. The maximum atomic E-state index is 12.1. The number of rotatable bonds is 10. The van der Waals surface area contributed by atoms with Crippen molar-refractivity contribution >= 4 is 28.7 Å². The molecule has 0 fully saturated rings. The van der Waals surface area contributed by atoms with Gasteiger partial charge in [-0.2, -0.15) is 0 Å². The zero-order valence-electron chi connectivity index (χ0n) is 24.1. The van der Waals surface area contributed by atoms with Gasteiger partial charge in [-0.05, 0) is 38.1 Å². The molecule has 42 heavy (non-hydrogen) atoms. The number of nitrogens with zero attached hydrogens (tertiary/aromatic N) is 8. The second-order valence-corrected chi connectivity index (χ2v) is 10.8. The van der Waals surface area contributed by atoms with E-state index >= 15 is 0 Å². The summed E-state index contributed by atoms with van der Waals surface area (Å²) in [5.74, 6) is 1.00. The zero-order valence-corrected chi connectivity index (χ0v) is 24.1. The molecule has 0 radical (unpaired) electrons. The molecule has 0 saturated carbocycles. The van der Waals surface area contributed by atoms with Crippen LogP contribution < -0.4 is 19.9 Å². The number of anilines is 4. The van der Waals surface area contributed by atoms with Gasteiger partial charge in [0.2, 0.25) is 12.3 Å². The molecular weight excluding hydrogens is 538 g/mol. The third kappa shape index (κ3) is 5.07. The number of nitrogens with one attached hydrogen (secondary N) is 1. The molecule has 4 heterocycles. The van der Waals surface area contributed by atoms with E-state index in [1.54, 1.807) is 12.3 Å². The predicted molar refractivity (Wildman–Crippen MR) is 159 cm³/mol. The molecular formula is C29H33N9O4. The van der Waals surface area contributed by atoms with Gasteiger partial charge >= 0.3 is 0 Å². The lowest BCUT2D eigenvalue weighted by atomic mass is 9.92. The molecule has 0 aliphatic carbocycles. The highest BCUT2D eigenvalue weighted by Crippen LogP contribution is 2.46. The van der Waals surface area contributed by atoms with Crippen LogP contribution in [0.25, 0.3) is 11.5 Å². The van der Waals surface area contributed by atoms with Crippen LogP contribution in [0, 0.1) is 10.1 Å². The van der Waals surface area contributed by atoms with Crippen LogP contribution in [-0.4, -0.2) is 84.4 Å². The van der Waals surface area contributed by atoms with Crippen molar-refractivity contribution in [2.75, 3.05) is 69.5 Å². The summed E-state index contributed by atoms with van der Waals surface area (Å²) in [6.07, 6.45) is 5.11. The van der Waals surface area contributed by atoms with Crippen molar-refractivity contribution in [1.29, 1.82) is 0 Å². The molecule has 1 N–H and O–H groups in total. The minimum atomic E-state index is -0.389. The van der Waals surface area contributed by atoms with Crippen molar-refractivity contribution < 1.29 is 14.1 Å². The standard InChI is InChI=1S/C29H33N9O4/c1-35(2)11-12-36(3)23-14-25(41-4)22(13-24(23)38(39)40)32-29-30-15-20(28-34-31-17-42-28)26(33-29)21-16-37-10-6-8-18-7-5-9-19(21)27(18)37/h5,7,9,13-15,17,21H,6,8,10-12,16H2,1-4H3,(H,30,32,33). The number of ether oxygens (including phenoxy) is 1. The predicted octanol–water partition coefficient (Wildman–Crippen LogP) is 4.08. The molecule has 2 aliphatic rings. The van der Waals surface area contributed by atoms with E-state index in [0.29, 0.717) is 35.1 Å². The lowest BCUT2D eigenvalue weighted by molar-refractivity contribution is -0.384. The number of aromatic nitrogens is 4. The van der Waals surface area contributed by atoms with E-state index in [-0.39, 0.29) is 22.5 Å². The first-order chi connectivity index (χ1) is 20.3. The van der Waals surface area contributed by atoms with Gasteiger partial charge in [-0.15, -0.1) is 10.2 Å². The maximum absolute atomic E-state index is 12.1. The van der Waals surface area contributed by atoms with Crippen molar-refractivity contribution in [2.24, 2.45) is 0 Å². The summed E-state index contributed by atoms with van der Waals surface area (Å²) in [6.45, 7) is 3.10. The average molecular weight is 572 g/mol. The van der Waals surface area contributed by atoms with Gasteiger partial charge in [-0.3, -0.25) is 10.1 Å². The van der Waals surface area contributed by atoms with Gasteiger partial charge in [0.15, 0.2) is 0 Å². The topological polar surface area (TPSA) is 139 Å². The second kappa shape index (κ2) is 11.2. The fraction of sp³-hybridized carbons (Fsp3) is 0.379. The molecule has 1 unspecified atom stereocenters. The fourth-order valence-corrected chi connectivity index (χ4v) is 5.83. The summed E-state index contributed by atoms with van der Waals surface area (Å²) in [7, 11) is 7.28. The Morgan fingerprint density at radius 1 is 1.24 bits per heavy atom. The Morgan fingerprint density at radius 3 is 2.83 bits per heavy atom. The molecule has 2 aliphatic heterocycles. The number of nitro benzene ring substituents is 1. The van der Waals surface area contributed by atoms with Crippen LogP contribution in [0.15, 0.2) is 47.3 Å². The Bertz CT molecular complexity index is 1610. The second-order valence-electron chi connectivity index (χ2n) is 10.8. The van der Waals surface area contributed by atoms with Crippen molar-refractivity contribution in [2.45, 2.75) is 18.8 Å². The minimum absolute atomic E-state index is 0.0476. The first-order valence-corrected chi connectivity index (χ1v) is 13.8. The Labute approximate surface area is 243 Å². The summed E-state index contributed by atoms with van der Waals surface area (Å²) in [5, 5.41) is 23.3. The van der Waals surface area contributed by atoms with Gasteiger partial charge in [0.1, 0.15) is 11.4 Å².